The fourth-order valence-corrected chi connectivity index (χ4v) is 2.02. The Bertz CT molecular complexity index is 481. The molecule has 2 atom stereocenters. The number of hydrogen-bond donors (Lipinski definition) is 1. The minimum absolute atomic E-state index is 0.127. The molecule has 17 heavy (non-hydrogen) atoms. The summed E-state index contributed by atoms with van der Waals surface area (Å²) in [5, 5.41) is 10.1. The van der Waals surface area contributed by atoms with E-state index < -0.39 is 0 Å². The van der Waals surface area contributed by atoms with Crippen molar-refractivity contribution < 1.29 is 14.7 Å². The van der Waals surface area contributed by atoms with Crippen LogP contribution in [0.5, 0.6) is 5.75 Å². The third kappa shape index (κ3) is 1.78. The molecular weight excluding hydrogens is 242 g/mol. The molecule has 0 saturated carbocycles. The lowest BCUT2D eigenvalue weighted by Gasteiger charge is -2.16. The van der Waals surface area contributed by atoms with Crippen LogP contribution in [0.15, 0.2) is 18.2 Å². The van der Waals surface area contributed by atoms with Crippen LogP contribution < -0.4 is 4.90 Å². The van der Waals surface area contributed by atoms with E-state index in [2.05, 4.69) is 0 Å². The summed E-state index contributed by atoms with van der Waals surface area (Å²) in [6, 6.07) is 4.28. The summed E-state index contributed by atoms with van der Waals surface area (Å²) in [5.41, 5.74) is 0.156. The summed E-state index contributed by atoms with van der Waals surface area (Å²) in [4.78, 5) is 24.9. The van der Waals surface area contributed by atoms with Crippen molar-refractivity contribution in [2.75, 3.05) is 4.90 Å². The molecule has 1 N–H and O–H groups in total. The Morgan fingerprint density at radius 2 is 1.71 bits per heavy atom. The van der Waals surface area contributed by atoms with Crippen molar-refractivity contribution >= 4 is 29.1 Å². The number of carbonyl (C=O) groups is 2. The molecule has 2 amide bonds. The number of carbonyl (C=O) groups excluding carboxylic acids is 2. The van der Waals surface area contributed by atoms with E-state index in [-0.39, 0.29) is 35.1 Å². The predicted octanol–water partition coefficient (Wildman–Crippen LogP) is 2.19. The molecule has 1 aliphatic rings. The number of imide groups is 1. The van der Waals surface area contributed by atoms with Gasteiger partial charge in [-0.05, 0) is 18.2 Å². The highest BCUT2D eigenvalue weighted by atomic mass is 35.5. The van der Waals surface area contributed by atoms with Gasteiger partial charge in [-0.2, -0.15) is 0 Å². The maximum Gasteiger partial charge on any atom is 0.237 e. The molecule has 0 aliphatic carbocycles. The molecule has 4 nitrogen and oxygen atoms in total. The molecule has 0 bridgehead atoms. The topological polar surface area (TPSA) is 57.6 Å². The second-order valence-electron chi connectivity index (χ2n) is 4.22. The number of nitrogens with zero attached hydrogens (tertiary/aromatic N) is 1. The number of phenols is 1. The Balaban J connectivity index is 2.50. The summed E-state index contributed by atoms with van der Waals surface area (Å²) in [7, 11) is 0. The van der Waals surface area contributed by atoms with Crippen LogP contribution in [0.25, 0.3) is 0 Å². The number of anilines is 1. The lowest BCUT2D eigenvalue weighted by molar-refractivity contribution is -0.122. The van der Waals surface area contributed by atoms with Gasteiger partial charge in [0.05, 0.1) is 5.69 Å². The largest absolute Gasteiger partial charge is 0.506 e. The maximum absolute atomic E-state index is 11.9. The van der Waals surface area contributed by atoms with Crippen molar-refractivity contribution in [2.24, 2.45) is 11.8 Å². The van der Waals surface area contributed by atoms with Crippen LogP contribution >= 0.6 is 11.6 Å². The lowest BCUT2D eigenvalue weighted by atomic mass is 10.00. The van der Waals surface area contributed by atoms with E-state index in [1.807, 2.05) is 0 Å². The molecule has 1 fully saturated rings. The predicted molar refractivity (Wildman–Crippen MR) is 63.9 cm³/mol. The molecule has 90 valence electrons. The number of rotatable bonds is 1. The van der Waals surface area contributed by atoms with Crippen molar-refractivity contribution in [2.45, 2.75) is 13.8 Å². The zero-order valence-corrected chi connectivity index (χ0v) is 10.2. The minimum Gasteiger partial charge on any atom is -0.506 e. The molecule has 1 aliphatic heterocycles. The van der Waals surface area contributed by atoms with Gasteiger partial charge in [0.25, 0.3) is 0 Å². The monoisotopic (exact) mass is 253 g/mol. The summed E-state index contributed by atoms with van der Waals surface area (Å²) >= 11 is 5.80. The second-order valence-corrected chi connectivity index (χ2v) is 4.66. The normalized spacial score (nSPS) is 24.5. The second kappa shape index (κ2) is 4.04. The Morgan fingerprint density at radius 1 is 1.18 bits per heavy atom. The third-order valence-corrected chi connectivity index (χ3v) is 3.38. The number of hydrogen-bond acceptors (Lipinski definition) is 3. The van der Waals surface area contributed by atoms with Crippen LogP contribution in [0.2, 0.25) is 5.02 Å². The van der Waals surface area contributed by atoms with Crippen LogP contribution in [-0.2, 0) is 9.59 Å². The molecule has 1 saturated heterocycles. The van der Waals surface area contributed by atoms with Gasteiger partial charge in [0.15, 0.2) is 0 Å². The first-order valence-corrected chi connectivity index (χ1v) is 5.67. The van der Waals surface area contributed by atoms with Crippen LogP contribution in [0.3, 0.4) is 0 Å². The first kappa shape index (κ1) is 11.9. The Hall–Kier alpha value is -1.55. The van der Waals surface area contributed by atoms with E-state index in [1.54, 1.807) is 13.8 Å². The Labute approximate surface area is 104 Å². The SMILES string of the molecule is CC1C(=O)N(c2cc(Cl)ccc2O)C(=O)C1C. The van der Waals surface area contributed by atoms with Gasteiger partial charge >= 0.3 is 0 Å². The average Bonchev–Trinajstić information content (AvgIpc) is 2.48. The van der Waals surface area contributed by atoms with Gasteiger partial charge in [0.2, 0.25) is 11.8 Å². The molecular formula is C12H12ClNO3. The number of amides is 2. The summed E-state index contributed by atoms with van der Waals surface area (Å²) < 4.78 is 0. The molecule has 1 aromatic rings. The van der Waals surface area contributed by atoms with Crippen molar-refractivity contribution in [3.63, 3.8) is 0 Å². The fourth-order valence-electron chi connectivity index (χ4n) is 1.86. The highest BCUT2D eigenvalue weighted by molar-refractivity contribution is 6.31. The van der Waals surface area contributed by atoms with Gasteiger partial charge < -0.3 is 5.11 Å². The highest BCUT2D eigenvalue weighted by Gasteiger charge is 2.43. The van der Waals surface area contributed by atoms with Crippen molar-refractivity contribution in [3.8, 4) is 5.75 Å². The lowest BCUT2D eigenvalue weighted by Crippen LogP contribution is -2.30. The zero-order valence-electron chi connectivity index (χ0n) is 9.48. The first-order valence-electron chi connectivity index (χ1n) is 5.30. The standard InChI is InChI=1S/C12H12ClNO3/c1-6-7(2)12(17)14(11(6)16)9-5-8(13)3-4-10(9)15/h3-7,15H,1-2H3. The smallest absolute Gasteiger partial charge is 0.237 e. The number of benzene rings is 1. The molecule has 0 radical (unpaired) electrons. The van der Waals surface area contributed by atoms with Crippen LogP contribution in [0.1, 0.15) is 13.8 Å². The Morgan fingerprint density at radius 3 is 2.24 bits per heavy atom. The van der Waals surface area contributed by atoms with E-state index in [1.165, 1.54) is 18.2 Å². The quantitative estimate of drug-likeness (QED) is 0.781. The Kier molecular flexibility index (Phi) is 2.83. The van der Waals surface area contributed by atoms with Gasteiger partial charge in [0, 0.05) is 16.9 Å². The zero-order chi connectivity index (χ0) is 12.7. The fraction of sp³-hybridized carbons (Fsp3) is 0.333. The maximum atomic E-state index is 11.9. The van der Waals surface area contributed by atoms with Crippen LogP contribution in [0.4, 0.5) is 5.69 Å². The molecule has 1 aromatic carbocycles. The van der Waals surface area contributed by atoms with E-state index in [0.29, 0.717) is 5.02 Å². The van der Waals surface area contributed by atoms with Gasteiger partial charge in [0.1, 0.15) is 5.75 Å². The summed E-state index contributed by atoms with van der Waals surface area (Å²) in [6.07, 6.45) is 0. The number of phenolic OH excluding ortho intramolecular Hbond substituents is 1. The molecule has 0 aromatic heterocycles. The third-order valence-electron chi connectivity index (χ3n) is 3.15. The molecule has 2 unspecified atom stereocenters. The molecule has 2 rings (SSSR count). The molecule has 1 heterocycles. The average molecular weight is 254 g/mol. The van der Waals surface area contributed by atoms with Crippen molar-refractivity contribution in [3.05, 3.63) is 23.2 Å². The minimum atomic E-state index is -0.374. The van der Waals surface area contributed by atoms with E-state index >= 15 is 0 Å². The van der Waals surface area contributed by atoms with Gasteiger partial charge in [-0.3, -0.25) is 9.59 Å². The van der Waals surface area contributed by atoms with Crippen molar-refractivity contribution in [1.29, 1.82) is 0 Å². The van der Waals surface area contributed by atoms with Gasteiger partial charge in [-0.15, -0.1) is 0 Å². The van der Waals surface area contributed by atoms with Crippen LogP contribution in [-0.4, -0.2) is 16.9 Å². The first-order chi connectivity index (χ1) is 7.93. The highest BCUT2D eigenvalue weighted by Crippen LogP contribution is 2.36. The molecule has 0 spiro atoms. The number of aromatic hydroxyl groups is 1. The van der Waals surface area contributed by atoms with Crippen molar-refractivity contribution in [1.82, 2.24) is 0 Å². The number of halogens is 1. The van der Waals surface area contributed by atoms with Gasteiger partial charge in [-0.25, -0.2) is 4.90 Å². The van der Waals surface area contributed by atoms with E-state index in [0.717, 1.165) is 4.90 Å². The van der Waals surface area contributed by atoms with E-state index in [9.17, 15) is 14.7 Å². The summed E-state index contributed by atoms with van der Waals surface area (Å²) in [5.74, 6) is -1.49. The van der Waals surface area contributed by atoms with E-state index in [4.69, 9.17) is 11.6 Å². The van der Waals surface area contributed by atoms with Gasteiger partial charge in [-0.1, -0.05) is 25.4 Å². The van der Waals surface area contributed by atoms with Crippen LogP contribution in [0, 0.1) is 11.8 Å². The molecule has 5 heteroatoms. The summed E-state index contributed by atoms with van der Waals surface area (Å²) in [6.45, 7) is 3.40.